The first-order valence-electron chi connectivity index (χ1n) is 8.47. The van der Waals surface area contributed by atoms with Crippen molar-refractivity contribution in [1.29, 1.82) is 0 Å². The molecule has 7 heteroatoms. The van der Waals surface area contributed by atoms with Crippen LogP contribution in [-0.4, -0.2) is 32.6 Å². The van der Waals surface area contributed by atoms with Crippen LogP contribution in [0, 0.1) is 13.8 Å². The molecule has 0 unspecified atom stereocenters. The van der Waals surface area contributed by atoms with Gasteiger partial charge in [-0.05, 0) is 54.3 Å². The molecule has 0 saturated carbocycles. The summed E-state index contributed by atoms with van der Waals surface area (Å²) in [4.78, 5) is 12.5. The number of benzene rings is 2. The summed E-state index contributed by atoms with van der Waals surface area (Å²) in [5, 5.41) is 16.8. The first kappa shape index (κ1) is 16.3. The van der Waals surface area contributed by atoms with Crippen molar-refractivity contribution >= 4 is 11.6 Å². The number of H-pyrrole nitrogens is 1. The molecule has 1 atom stereocenters. The summed E-state index contributed by atoms with van der Waals surface area (Å²) in [6.07, 6.45) is 0.688. The van der Waals surface area contributed by atoms with E-state index in [4.69, 9.17) is 4.74 Å². The van der Waals surface area contributed by atoms with Gasteiger partial charge in [-0.15, -0.1) is 10.2 Å². The molecular weight excluding hydrogens is 330 g/mol. The van der Waals surface area contributed by atoms with Crippen molar-refractivity contribution in [2.75, 3.05) is 5.32 Å². The minimum atomic E-state index is -0.495. The maximum atomic E-state index is 12.5. The second-order valence-electron chi connectivity index (χ2n) is 6.55. The minimum absolute atomic E-state index is 0.137. The van der Waals surface area contributed by atoms with Gasteiger partial charge in [-0.3, -0.25) is 4.79 Å². The number of nitrogens with one attached hydrogen (secondary N) is 2. The maximum absolute atomic E-state index is 12.5. The third-order valence-corrected chi connectivity index (χ3v) is 4.62. The standard InChI is InChI=1S/C19H19N5O2/c1-11-7-14-10-17(26-16(14)8-12(11)2)19(25)20-15-5-3-13(4-6-15)9-18-21-23-24-22-18/h3-8,17H,9-10H2,1-2H3,(H,20,25)(H,21,22,23,24)/t17-/m0/s1. The zero-order chi connectivity index (χ0) is 18.1. The Balaban J connectivity index is 1.39. The Hall–Kier alpha value is -3.22. The van der Waals surface area contributed by atoms with E-state index in [0.29, 0.717) is 18.7 Å². The Morgan fingerprint density at radius 3 is 2.73 bits per heavy atom. The number of aryl methyl sites for hydroxylation is 2. The molecule has 1 aliphatic heterocycles. The van der Waals surface area contributed by atoms with Crippen LogP contribution in [0.2, 0.25) is 0 Å². The summed E-state index contributed by atoms with van der Waals surface area (Å²) in [6.45, 7) is 4.11. The van der Waals surface area contributed by atoms with Gasteiger partial charge in [0.05, 0.1) is 0 Å². The highest BCUT2D eigenvalue weighted by molar-refractivity contribution is 5.95. The van der Waals surface area contributed by atoms with Gasteiger partial charge >= 0.3 is 0 Å². The second-order valence-corrected chi connectivity index (χ2v) is 6.55. The van der Waals surface area contributed by atoms with Gasteiger partial charge in [0.1, 0.15) is 5.75 Å². The summed E-state index contributed by atoms with van der Waals surface area (Å²) in [5.41, 5.74) is 5.25. The number of aromatic nitrogens is 4. The van der Waals surface area contributed by atoms with E-state index in [9.17, 15) is 4.79 Å². The number of hydrogen-bond acceptors (Lipinski definition) is 5. The average molecular weight is 349 g/mol. The first-order chi connectivity index (χ1) is 12.6. The lowest BCUT2D eigenvalue weighted by Crippen LogP contribution is -2.31. The van der Waals surface area contributed by atoms with E-state index in [1.807, 2.05) is 37.3 Å². The number of carbonyl (C=O) groups is 1. The second kappa shape index (κ2) is 6.59. The lowest BCUT2D eigenvalue weighted by Gasteiger charge is -2.12. The van der Waals surface area contributed by atoms with E-state index < -0.39 is 6.10 Å². The van der Waals surface area contributed by atoms with E-state index in [1.165, 1.54) is 11.1 Å². The Kier molecular flexibility index (Phi) is 4.12. The number of hydrogen-bond donors (Lipinski definition) is 2. The highest BCUT2D eigenvalue weighted by Gasteiger charge is 2.29. The topological polar surface area (TPSA) is 92.8 Å². The van der Waals surface area contributed by atoms with Crippen LogP contribution in [0.4, 0.5) is 5.69 Å². The number of fused-ring (bicyclic) bond motifs is 1. The molecule has 0 radical (unpaired) electrons. The number of carbonyl (C=O) groups excluding carboxylic acids is 1. The number of nitrogens with zero attached hydrogens (tertiary/aromatic N) is 3. The molecule has 2 N–H and O–H groups in total. The first-order valence-corrected chi connectivity index (χ1v) is 8.47. The zero-order valence-electron chi connectivity index (χ0n) is 14.6. The molecule has 3 aromatic rings. The van der Waals surface area contributed by atoms with Crippen LogP contribution in [0.15, 0.2) is 36.4 Å². The highest BCUT2D eigenvalue weighted by Crippen LogP contribution is 2.31. The van der Waals surface area contributed by atoms with E-state index in [0.717, 1.165) is 22.6 Å². The number of amides is 1. The smallest absolute Gasteiger partial charge is 0.265 e. The molecule has 132 valence electrons. The molecule has 0 aliphatic carbocycles. The third-order valence-electron chi connectivity index (χ3n) is 4.62. The van der Waals surface area contributed by atoms with Crippen LogP contribution < -0.4 is 10.1 Å². The van der Waals surface area contributed by atoms with Gasteiger partial charge in [0, 0.05) is 18.5 Å². The molecule has 7 nitrogen and oxygen atoms in total. The lowest BCUT2D eigenvalue weighted by atomic mass is 10.0. The predicted octanol–water partition coefficient (Wildman–Crippen LogP) is 2.35. The molecule has 0 fully saturated rings. The largest absolute Gasteiger partial charge is 0.480 e. The zero-order valence-corrected chi connectivity index (χ0v) is 14.6. The van der Waals surface area contributed by atoms with Crippen molar-refractivity contribution in [1.82, 2.24) is 20.6 Å². The lowest BCUT2D eigenvalue weighted by molar-refractivity contribution is -0.122. The van der Waals surface area contributed by atoms with Crippen molar-refractivity contribution in [3.63, 3.8) is 0 Å². The Morgan fingerprint density at radius 2 is 2.00 bits per heavy atom. The highest BCUT2D eigenvalue weighted by atomic mass is 16.5. The monoisotopic (exact) mass is 349 g/mol. The van der Waals surface area contributed by atoms with Crippen molar-refractivity contribution < 1.29 is 9.53 Å². The van der Waals surface area contributed by atoms with Crippen molar-refractivity contribution in [3.05, 3.63) is 64.5 Å². The van der Waals surface area contributed by atoms with Gasteiger partial charge in [-0.2, -0.15) is 5.21 Å². The Bertz CT molecular complexity index is 904. The Labute approximate surface area is 150 Å². The Morgan fingerprint density at radius 1 is 1.23 bits per heavy atom. The summed E-state index contributed by atoms with van der Waals surface area (Å²) in [7, 11) is 0. The van der Waals surface area contributed by atoms with Gasteiger partial charge in [0.15, 0.2) is 11.9 Å². The van der Waals surface area contributed by atoms with Crippen molar-refractivity contribution in [3.8, 4) is 5.75 Å². The fourth-order valence-corrected chi connectivity index (χ4v) is 3.03. The predicted molar refractivity (Wildman–Crippen MR) is 96.1 cm³/mol. The molecule has 0 spiro atoms. The number of rotatable bonds is 4. The number of ether oxygens (including phenoxy) is 1. The molecule has 4 rings (SSSR count). The molecule has 26 heavy (non-hydrogen) atoms. The fraction of sp³-hybridized carbons (Fsp3) is 0.263. The van der Waals surface area contributed by atoms with Gasteiger partial charge in [0.2, 0.25) is 0 Å². The van der Waals surface area contributed by atoms with Gasteiger partial charge in [0.25, 0.3) is 5.91 Å². The summed E-state index contributed by atoms with van der Waals surface area (Å²) in [6, 6.07) is 11.7. The van der Waals surface area contributed by atoms with Crippen molar-refractivity contribution in [2.45, 2.75) is 32.8 Å². The molecular formula is C19H19N5O2. The average Bonchev–Trinajstić information content (AvgIpc) is 3.27. The maximum Gasteiger partial charge on any atom is 0.265 e. The van der Waals surface area contributed by atoms with E-state index in [2.05, 4.69) is 38.9 Å². The van der Waals surface area contributed by atoms with E-state index in [-0.39, 0.29) is 5.91 Å². The number of aromatic amines is 1. The number of tetrazole rings is 1. The van der Waals surface area contributed by atoms with E-state index >= 15 is 0 Å². The molecule has 2 aromatic carbocycles. The van der Waals surface area contributed by atoms with Crippen LogP contribution in [0.5, 0.6) is 5.75 Å². The molecule has 0 bridgehead atoms. The van der Waals surface area contributed by atoms with Gasteiger partial charge in [-0.25, -0.2) is 0 Å². The van der Waals surface area contributed by atoms with Crippen LogP contribution in [0.25, 0.3) is 0 Å². The van der Waals surface area contributed by atoms with Crippen LogP contribution in [-0.2, 0) is 17.6 Å². The number of anilines is 1. The van der Waals surface area contributed by atoms with E-state index in [1.54, 1.807) is 0 Å². The fourth-order valence-electron chi connectivity index (χ4n) is 3.03. The minimum Gasteiger partial charge on any atom is -0.480 e. The van der Waals surface area contributed by atoms with Gasteiger partial charge < -0.3 is 10.1 Å². The summed E-state index contributed by atoms with van der Waals surface area (Å²) in [5.74, 6) is 1.30. The van der Waals surface area contributed by atoms with Gasteiger partial charge in [-0.1, -0.05) is 23.4 Å². The van der Waals surface area contributed by atoms with Crippen LogP contribution in [0.3, 0.4) is 0 Å². The third kappa shape index (κ3) is 3.28. The molecule has 2 heterocycles. The normalized spacial score (nSPS) is 15.4. The summed E-state index contributed by atoms with van der Waals surface area (Å²) < 4.78 is 5.83. The summed E-state index contributed by atoms with van der Waals surface area (Å²) >= 11 is 0. The molecule has 1 amide bonds. The quantitative estimate of drug-likeness (QED) is 0.754. The van der Waals surface area contributed by atoms with Crippen LogP contribution in [0.1, 0.15) is 28.1 Å². The van der Waals surface area contributed by atoms with Crippen molar-refractivity contribution in [2.24, 2.45) is 0 Å². The molecule has 0 saturated heterocycles. The van der Waals surface area contributed by atoms with Crippen LogP contribution >= 0.6 is 0 Å². The SMILES string of the molecule is Cc1cc2c(cc1C)O[C@H](C(=O)Nc1ccc(Cc3nn[nH]n3)cc1)C2. The molecule has 1 aromatic heterocycles. The molecule has 1 aliphatic rings.